The molecule has 1 aliphatic rings. The maximum absolute atomic E-state index is 9.90. The summed E-state index contributed by atoms with van der Waals surface area (Å²) in [5.74, 6) is 0.450. The molecule has 0 bridgehead atoms. The van der Waals surface area contributed by atoms with E-state index in [1.807, 2.05) is 0 Å². The van der Waals surface area contributed by atoms with Crippen molar-refractivity contribution in [3.05, 3.63) is 0 Å². The molecule has 6 nitrogen and oxygen atoms in total. The summed E-state index contributed by atoms with van der Waals surface area (Å²) >= 11 is 0. The van der Waals surface area contributed by atoms with Crippen LogP contribution >= 0.6 is 0 Å². The van der Waals surface area contributed by atoms with Gasteiger partial charge in [-0.25, -0.2) is 0 Å². The van der Waals surface area contributed by atoms with Crippen molar-refractivity contribution in [1.29, 1.82) is 0 Å². The highest BCUT2D eigenvalue weighted by Gasteiger charge is 2.34. The second-order valence-corrected chi connectivity index (χ2v) is 5.63. The van der Waals surface area contributed by atoms with Gasteiger partial charge in [-0.15, -0.1) is 0 Å². The molecule has 0 aromatic carbocycles. The zero-order chi connectivity index (χ0) is 14.4. The summed E-state index contributed by atoms with van der Waals surface area (Å²) in [5, 5.41) is 47.1. The van der Waals surface area contributed by atoms with Gasteiger partial charge in [-0.1, -0.05) is 32.1 Å². The third-order valence-electron chi connectivity index (χ3n) is 4.05. The first-order valence-corrected chi connectivity index (χ1v) is 7.06. The maximum atomic E-state index is 9.90. The van der Waals surface area contributed by atoms with Gasteiger partial charge >= 0.3 is 0 Å². The number of hydrogen-bond donors (Lipinski definition) is 6. The summed E-state index contributed by atoms with van der Waals surface area (Å²) < 4.78 is 0. The fraction of sp³-hybridized carbons (Fsp3) is 1.00. The number of nitrogens with two attached hydrogens (primary N) is 1. The van der Waals surface area contributed by atoms with Crippen LogP contribution in [0.5, 0.6) is 0 Å². The van der Waals surface area contributed by atoms with Crippen molar-refractivity contribution >= 4 is 0 Å². The lowest BCUT2D eigenvalue weighted by Gasteiger charge is -2.31. The van der Waals surface area contributed by atoms with Crippen LogP contribution in [-0.4, -0.2) is 62.6 Å². The van der Waals surface area contributed by atoms with Crippen LogP contribution < -0.4 is 5.73 Å². The molecular formula is C13H27NO5. The van der Waals surface area contributed by atoms with Crippen molar-refractivity contribution in [2.24, 2.45) is 11.7 Å². The third kappa shape index (κ3) is 4.98. The molecule has 7 N–H and O–H groups in total. The van der Waals surface area contributed by atoms with Crippen LogP contribution in [0.3, 0.4) is 0 Å². The summed E-state index contributed by atoms with van der Waals surface area (Å²) in [6, 6.07) is -0.640. The Morgan fingerprint density at radius 3 is 2.00 bits per heavy atom. The Bertz CT molecular complexity index is 247. The predicted molar refractivity (Wildman–Crippen MR) is 70.3 cm³/mol. The molecule has 1 rings (SSSR count). The van der Waals surface area contributed by atoms with Crippen molar-refractivity contribution in [3.8, 4) is 0 Å². The summed E-state index contributed by atoms with van der Waals surface area (Å²) in [4.78, 5) is 0. The van der Waals surface area contributed by atoms with E-state index in [0.29, 0.717) is 12.3 Å². The monoisotopic (exact) mass is 277 g/mol. The van der Waals surface area contributed by atoms with E-state index in [4.69, 9.17) is 10.8 Å². The summed E-state index contributed by atoms with van der Waals surface area (Å²) in [6.07, 6.45) is 0.390. The number of hydrogen-bond acceptors (Lipinski definition) is 6. The first-order valence-electron chi connectivity index (χ1n) is 7.06. The summed E-state index contributed by atoms with van der Waals surface area (Å²) in [7, 11) is 0. The zero-order valence-corrected chi connectivity index (χ0v) is 11.2. The Morgan fingerprint density at radius 1 is 0.895 bits per heavy atom. The fourth-order valence-corrected chi connectivity index (χ4v) is 2.74. The van der Waals surface area contributed by atoms with Gasteiger partial charge in [0, 0.05) is 6.04 Å². The molecule has 0 saturated heterocycles. The minimum absolute atomic E-state index is 0.450. The average molecular weight is 277 g/mol. The van der Waals surface area contributed by atoms with Gasteiger partial charge in [0.15, 0.2) is 0 Å². The van der Waals surface area contributed by atoms with E-state index in [-0.39, 0.29) is 0 Å². The van der Waals surface area contributed by atoms with E-state index in [1.54, 1.807) is 0 Å². The van der Waals surface area contributed by atoms with Crippen LogP contribution in [0, 0.1) is 5.92 Å². The maximum Gasteiger partial charge on any atom is 0.111 e. The minimum atomic E-state index is -1.60. The number of aliphatic hydroxyl groups excluding tert-OH is 5. The van der Waals surface area contributed by atoms with Gasteiger partial charge in [0.25, 0.3) is 0 Å². The van der Waals surface area contributed by atoms with Gasteiger partial charge in [0.05, 0.1) is 12.7 Å². The second kappa shape index (κ2) is 8.14. The van der Waals surface area contributed by atoms with E-state index >= 15 is 0 Å². The molecule has 0 radical (unpaired) electrons. The van der Waals surface area contributed by atoms with Gasteiger partial charge in [-0.05, 0) is 12.3 Å². The third-order valence-corrected chi connectivity index (χ3v) is 4.05. The Hall–Kier alpha value is -0.240. The van der Waals surface area contributed by atoms with Crippen molar-refractivity contribution in [3.63, 3.8) is 0 Å². The van der Waals surface area contributed by atoms with Crippen LogP contribution in [0.1, 0.15) is 38.5 Å². The highest BCUT2D eigenvalue weighted by atomic mass is 16.4. The Morgan fingerprint density at radius 2 is 1.47 bits per heavy atom. The molecule has 6 heteroatoms. The molecule has 19 heavy (non-hydrogen) atoms. The van der Waals surface area contributed by atoms with Crippen LogP contribution in [0.15, 0.2) is 0 Å². The second-order valence-electron chi connectivity index (χ2n) is 5.63. The average Bonchev–Trinajstić information content (AvgIpc) is 2.44. The summed E-state index contributed by atoms with van der Waals surface area (Å²) in [5.41, 5.74) is 5.86. The lowest BCUT2D eigenvalue weighted by molar-refractivity contribution is -0.120. The molecule has 0 amide bonds. The molecule has 0 aromatic heterocycles. The molecular weight excluding hydrogens is 250 g/mol. The molecule has 0 heterocycles. The molecule has 1 fully saturated rings. The fourth-order valence-electron chi connectivity index (χ4n) is 2.74. The molecule has 1 aliphatic carbocycles. The molecule has 0 aliphatic heterocycles. The van der Waals surface area contributed by atoms with Gasteiger partial charge in [0.2, 0.25) is 0 Å². The van der Waals surface area contributed by atoms with E-state index in [9.17, 15) is 20.4 Å². The van der Waals surface area contributed by atoms with E-state index in [2.05, 4.69) is 0 Å². The van der Waals surface area contributed by atoms with Gasteiger partial charge < -0.3 is 31.3 Å². The molecule has 1 saturated carbocycles. The Kier molecular flexibility index (Phi) is 7.20. The largest absolute Gasteiger partial charge is 0.394 e. The Balaban J connectivity index is 2.43. The van der Waals surface area contributed by atoms with Gasteiger partial charge in [0.1, 0.15) is 18.3 Å². The standard InChI is InChI=1S/C13H27NO5/c14-9(6-8-4-2-1-3-5-8)11(17)13(19)12(18)10(16)7-15/h8-13,15-19H,1-7,14H2/t9-,10?,11+,12?,13+/m0/s1. The van der Waals surface area contributed by atoms with Crippen LogP contribution in [-0.2, 0) is 0 Å². The smallest absolute Gasteiger partial charge is 0.111 e. The number of aliphatic hydroxyl groups is 5. The van der Waals surface area contributed by atoms with E-state index in [1.165, 1.54) is 19.3 Å². The van der Waals surface area contributed by atoms with Crippen LogP contribution in [0.2, 0.25) is 0 Å². The SMILES string of the molecule is N[C@@H](CC1CCCCC1)[C@@H](O)[C@@H](O)C(O)C(O)CO. The van der Waals surface area contributed by atoms with Crippen molar-refractivity contribution in [1.82, 2.24) is 0 Å². The first-order chi connectivity index (χ1) is 8.97. The van der Waals surface area contributed by atoms with Crippen molar-refractivity contribution in [2.45, 2.75) is 69.0 Å². The quantitative estimate of drug-likeness (QED) is 0.344. The Labute approximate surface area is 113 Å². The van der Waals surface area contributed by atoms with Gasteiger partial charge in [-0.2, -0.15) is 0 Å². The highest BCUT2D eigenvalue weighted by Crippen LogP contribution is 2.28. The molecule has 114 valence electrons. The van der Waals surface area contributed by atoms with E-state index < -0.39 is 37.1 Å². The minimum Gasteiger partial charge on any atom is -0.394 e. The number of rotatable bonds is 7. The first kappa shape index (κ1) is 16.8. The van der Waals surface area contributed by atoms with Crippen molar-refractivity contribution in [2.75, 3.05) is 6.61 Å². The van der Waals surface area contributed by atoms with Crippen LogP contribution in [0.25, 0.3) is 0 Å². The van der Waals surface area contributed by atoms with Crippen LogP contribution in [0.4, 0.5) is 0 Å². The summed E-state index contributed by atoms with van der Waals surface area (Å²) in [6.45, 7) is -0.678. The molecule has 0 spiro atoms. The van der Waals surface area contributed by atoms with E-state index in [0.717, 1.165) is 12.8 Å². The topological polar surface area (TPSA) is 127 Å². The lowest BCUT2D eigenvalue weighted by atomic mass is 9.83. The normalized spacial score (nSPS) is 25.6. The van der Waals surface area contributed by atoms with Crippen molar-refractivity contribution < 1.29 is 25.5 Å². The highest BCUT2D eigenvalue weighted by molar-refractivity contribution is 4.87. The molecule has 2 unspecified atom stereocenters. The molecule has 5 atom stereocenters. The predicted octanol–water partition coefficient (Wildman–Crippen LogP) is -1.28. The molecule has 0 aromatic rings. The zero-order valence-electron chi connectivity index (χ0n) is 11.2. The van der Waals surface area contributed by atoms with Gasteiger partial charge in [-0.3, -0.25) is 0 Å². The lowest BCUT2D eigenvalue weighted by Crippen LogP contribution is -2.52.